The van der Waals surface area contributed by atoms with Crippen LogP contribution >= 0.6 is 0 Å². The summed E-state index contributed by atoms with van der Waals surface area (Å²) < 4.78 is 38.1. The average molecular weight is 555 g/mol. The Balaban J connectivity index is 0.000000320. The van der Waals surface area contributed by atoms with Gasteiger partial charge >= 0.3 is 17.9 Å². The van der Waals surface area contributed by atoms with Gasteiger partial charge in [-0.05, 0) is 69.4 Å². The number of carboxylic acids is 1. The summed E-state index contributed by atoms with van der Waals surface area (Å²) in [5.74, 6) is -3.66. The average Bonchev–Trinajstić information content (AvgIpc) is 3.22. The Labute approximate surface area is 227 Å². The topological polar surface area (TPSA) is 125 Å². The van der Waals surface area contributed by atoms with Crippen molar-refractivity contribution in [3.63, 3.8) is 0 Å². The van der Waals surface area contributed by atoms with Gasteiger partial charge in [-0.2, -0.15) is 0 Å². The number of piperidine rings is 1. The van der Waals surface area contributed by atoms with E-state index in [4.69, 9.17) is 19.7 Å². The van der Waals surface area contributed by atoms with Gasteiger partial charge in [0.15, 0.2) is 6.10 Å². The highest BCUT2D eigenvalue weighted by molar-refractivity contribution is 5.76. The Morgan fingerprint density at radius 3 is 2.36 bits per heavy atom. The molecule has 1 aromatic rings. The molecule has 218 valence electrons. The van der Waals surface area contributed by atoms with Gasteiger partial charge in [0.25, 0.3) is 5.92 Å². The van der Waals surface area contributed by atoms with E-state index in [1.165, 1.54) is 0 Å². The maximum Gasteiger partial charge on any atom is 0.337 e. The lowest BCUT2D eigenvalue weighted by Crippen LogP contribution is -2.51. The van der Waals surface area contributed by atoms with Gasteiger partial charge in [0.2, 0.25) is 0 Å². The maximum atomic E-state index is 14.0. The van der Waals surface area contributed by atoms with Crippen LogP contribution in [0.25, 0.3) is 0 Å². The van der Waals surface area contributed by atoms with E-state index in [1.807, 2.05) is 0 Å². The van der Waals surface area contributed by atoms with Crippen LogP contribution in [0.2, 0.25) is 0 Å². The maximum absolute atomic E-state index is 14.0. The number of carboxylic acid groups (broad SMARTS) is 1. The van der Waals surface area contributed by atoms with Crippen LogP contribution in [0.5, 0.6) is 0 Å². The fraction of sp³-hybridized carbons (Fsp3) is 0.679. The summed E-state index contributed by atoms with van der Waals surface area (Å²) in [5, 5.41) is 20.7. The third-order valence-electron chi connectivity index (χ3n) is 7.75. The summed E-state index contributed by atoms with van der Waals surface area (Å²) in [6, 6.07) is 7.13. The summed E-state index contributed by atoms with van der Waals surface area (Å²) in [4.78, 5) is 36.1. The fourth-order valence-corrected chi connectivity index (χ4v) is 5.91. The van der Waals surface area contributed by atoms with Gasteiger partial charge in [0.05, 0.1) is 19.8 Å². The van der Waals surface area contributed by atoms with Crippen LogP contribution in [0.3, 0.4) is 0 Å². The number of nitrogens with one attached hydrogen (secondary N) is 1. The minimum atomic E-state index is -2.85. The number of likely N-dealkylation sites (tertiary alicyclic amines) is 1. The third-order valence-corrected chi connectivity index (χ3v) is 7.75. The summed E-state index contributed by atoms with van der Waals surface area (Å²) in [7, 11) is 0. The minimum absolute atomic E-state index is 0.199. The van der Waals surface area contributed by atoms with Crippen molar-refractivity contribution >= 4 is 17.9 Å². The molecule has 5 unspecified atom stereocenters. The number of alkyl halides is 2. The summed E-state index contributed by atoms with van der Waals surface area (Å²) in [6.07, 6.45) is 1.75. The molecule has 0 bridgehead atoms. The number of fused-ring (bicyclic) bond motifs is 1. The molecule has 1 aliphatic carbocycles. The SMILES string of the molecule is CCOC(=O)C1CC2CC(CN3CC(F)(F)C[C@H]3C(=O)OCC)CCC2CN1.O=C(O)C(O)c1ccccc1. The van der Waals surface area contributed by atoms with Gasteiger partial charge in [-0.3, -0.25) is 14.5 Å². The molecule has 0 amide bonds. The van der Waals surface area contributed by atoms with E-state index in [2.05, 4.69) is 5.32 Å². The molecule has 4 rings (SSSR count). The largest absolute Gasteiger partial charge is 0.479 e. The number of aliphatic carboxylic acids is 1. The van der Waals surface area contributed by atoms with Gasteiger partial charge in [0.1, 0.15) is 12.1 Å². The van der Waals surface area contributed by atoms with Crippen molar-refractivity contribution in [1.82, 2.24) is 10.2 Å². The first-order chi connectivity index (χ1) is 18.5. The summed E-state index contributed by atoms with van der Waals surface area (Å²) in [5.41, 5.74) is 0.403. The fourth-order valence-electron chi connectivity index (χ4n) is 5.91. The van der Waals surface area contributed by atoms with Crippen molar-refractivity contribution in [3.05, 3.63) is 35.9 Å². The van der Waals surface area contributed by atoms with E-state index in [9.17, 15) is 23.2 Å². The molecule has 11 heteroatoms. The first-order valence-corrected chi connectivity index (χ1v) is 13.7. The van der Waals surface area contributed by atoms with Crippen LogP contribution in [0.4, 0.5) is 8.78 Å². The third kappa shape index (κ3) is 8.68. The van der Waals surface area contributed by atoms with Gasteiger partial charge in [-0.25, -0.2) is 13.6 Å². The second kappa shape index (κ2) is 14.1. The highest BCUT2D eigenvalue weighted by Crippen LogP contribution is 2.41. The minimum Gasteiger partial charge on any atom is -0.479 e. The monoisotopic (exact) mass is 554 g/mol. The van der Waals surface area contributed by atoms with Crippen molar-refractivity contribution in [1.29, 1.82) is 0 Å². The normalized spacial score (nSPS) is 28.8. The molecule has 2 heterocycles. The van der Waals surface area contributed by atoms with Gasteiger partial charge in [-0.15, -0.1) is 0 Å². The second-order valence-electron chi connectivity index (χ2n) is 10.6. The predicted molar refractivity (Wildman–Crippen MR) is 138 cm³/mol. The number of rotatable bonds is 8. The van der Waals surface area contributed by atoms with Crippen LogP contribution in [-0.2, 0) is 23.9 Å². The molecule has 9 nitrogen and oxygen atoms in total. The lowest BCUT2D eigenvalue weighted by atomic mass is 9.69. The number of nitrogens with zero attached hydrogens (tertiary/aromatic N) is 1. The van der Waals surface area contributed by atoms with Crippen LogP contribution in [0, 0.1) is 17.8 Å². The molecule has 1 saturated carbocycles. The lowest BCUT2D eigenvalue weighted by Gasteiger charge is -2.43. The van der Waals surface area contributed by atoms with Gasteiger partial charge in [-0.1, -0.05) is 30.3 Å². The van der Waals surface area contributed by atoms with Crippen molar-refractivity contribution < 1.29 is 42.9 Å². The van der Waals surface area contributed by atoms with E-state index in [0.717, 1.165) is 32.2 Å². The quantitative estimate of drug-likeness (QED) is 0.416. The molecule has 3 fully saturated rings. The Bertz CT molecular complexity index is 964. The Kier molecular flexibility index (Phi) is 11.2. The number of hydrogen-bond donors (Lipinski definition) is 3. The van der Waals surface area contributed by atoms with Gasteiger partial charge in [0, 0.05) is 13.0 Å². The Morgan fingerprint density at radius 1 is 1.05 bits per heavy atom. The van der Waals surface area contributed by atoms with Crippen molar-refractivity contribution in [3.8, 4) is 0 Å². The molecule has 2 saturated heterocycles. The molecule has 39 heavy (non-hydrogen) atoms. The zero-order chi connectivity index (χ0) is 28.6. The van der Waals surface area contributed by atoms with E-state index in [0.29, 0.717) is 30.6 Å². The summed E-state index contributed by atoms with van der Waals surface area (Å²) in [6.45, 7) is 4.96. The van der Waals surface area contributed by atoms with Crippen LogP contribution in [-0.4, -0.2) is 83.9 Å². The van der Waals surface area contributed by atoms with Crippen LogP contribution < -0.4 is 5.32 Å². The van der Waals surface area contributed by atoms with Crippen molar-refractivity contribution in [2.45, 2.75) is 70.1 Å². The Morgan fingerprint density at radius 2 is 1.72 bits per heavy atom. The molecule has 6 atom stereocenters. The van der Waals surface area contributed by atoms with E-state index in [-0.39, 0.29) is 31.1 Å². The van der Waals surface area contributed by atoms with E-state index in [1.54, 1.807) is 49.1 Å². The molecule has 0 radical (unpaired) electrons. The summed E-state index contributed by atoms with van der Waals surface area (Å²) >= 11 is 0. The number of hydrogen-bond acceptors (Lipinski definition) is 8. The second-order valence-corrected chi connectivity index (χ2v) is 10.6. The standard InChI is InChI=1S/C20H32F2N2O4.C8H8O3/c1-3-27-18(25)16-8-15-7-13(5-6-14(15)10-23-16)11-24-12-20(21,22)9-17(24)19(26)28-4-2;9-7(8(10)11)6-4-2-1-3-5-6/h13-17,23H,3-12H2,1-2H3;1-5,7,9H,(H,10,11)/t13?,14?,15?,16?,17-;/m0./s1. The number of ether oxygens (including phenoxy) is 2. The van der Waals surface area contributed by atoms with Crippen molar-refractivity contribution in [2.24, 2.45) is 17.8 Å². The van der Waals surface area contributed by atoms with E-state index >= 15 is 0 Å². The molecule has 1 aromatic carbocycles. The first kappa shape index (κ1) is 30.9. The number of halogens is 2. The molecule has 0 aromatic heterocycles. The molecule has 3 aliphatic rings. The number of carbonyl (C=O) groups is 3. The van der Waals surface area contributed by atoms with Crippen LogP contribution in [0.1, 0.15) is 57.6 Å². The zero-order valence-corrected chi connectivity index (χ0v) is 22.6. The number of aliphatic hydroxyl groups is 1. The van der Waals surface area contributed by atoms with Crippen molar-refractivity contribution in [2.75, 3.05) is 32.8 Å². The number of carbonyl (C=O) groups excluding carboxylic acids is 2. The molecular formula is C28H40F2N2O7. The molecule has 3 N–H and O–H groups in total. The predicted octanol–water partition coefficient (Wildman–Crippen LogP) is 3.02. The number of aliphatic hydroxyl groups excluding tert-OH is 1. The molecule has 0 spiro atoms. The Hall–Kier alpha value is -2.63. The highest BCUT2D eigenvalue weighted by Gasteiger charge is 2.49. The van der Waals surface area contributed by atoms with Crippen LogP contribution in [0.15, 0.2) is 30.3 Å². The first-order valence-electron chi connectivity index (χ1n) is 13.7. The highest BCUT2D eigenvalue weighted by atomic mass is 19.3. The number of benzene rings is 1. The van der Waals surface area contributed by atoms with Gasteiger partial charge < -0.3 is 25.0 Å². The lowest BCUT2D eigenvalue weighted by molar-refractivity contribution is -0.149. The number of esters is 2. The van der Waals surface area contributed by atoms with E-state index < -0.39 is 36.4 Å². The smallest absolute Gasteiger partial charge is 0.337 e. The zero-order valence-electron chi connectivity index (χ0n) is 22.6. The molecular weight excluding hydrogens is 514 g/mol. The molecule has 2 aliphatic heterocycles.